The highest BCUT2D eigenvalue weighted by Gasteiger charge is 2.15. The molecule has 12 nitrogen and oxygen atoms in total. The van der Waals surface area contributed by atoms with Crippen molar-refractivity contribution in [2.24, 2.45) is 0 Å². The minimum absolute atomic E-state index is 0.136. The van der Waals surface area contributed by atoms with Gasteiger partial charge in [0.15, 0.2) is 0 Å². The third kappa shape index (κ3) is 11.8. The Morgan fingerprint density at radius 3 is 1.63 bits per heavy atom. The molecule has 242 valence electrons. The SMILES string of the molecule is C=CC(=O)OCCCCCOC(=O)Oc1ccc(C(=O)Oc2ccc(OC(=O)c3ccc(OC(=O)OCCC)cc3)c(C)c2)cc1. The van der Waals surface area contributed by atoms with Gasteiger partial charge in [-0.2, -0.15) is 0 Å². The molecular formula is C34H34O12. The monoisotopic (exact) mass is 634 g/mol. The zero-order chi connectivity index (χ0) is 33.3. The number of aryl methyl sites for hydroxylation is 1. The van der Waals surface area contributed by atoms with E-state index in [-0.39, 0.29) is 53.9 Å². The van der Waals surface area contributed by atoms with Crippen molar-refractivity contribution in [3.63, 3.8) is 0 Å². The molecule has 0 aliphatic carbocycles. The zero-order valence-corrected chi connectivity index (χ0v) is 25.5. The predicted molar refractivity (Wildman–Crippen MR) is 163 cm³/mol. The van der Waals surface area contributed by atoms with Crippen LogP contribution < -0.4 is 18.9 Å². The van der Waals surface area contributed by atoms with Crippen molar-refractivity contribution in [2.75, 3.05) is 19.8 Å². The molecule has 3 rings (SSSR count). The van der Waals surface area contributed by atoms with Crippen molar-refractivity contribution in [1.29, 1.82) is 0 Å². The van der Waals surface area contributed by atoms with Crippen molar-refractivity contribution < 1.29 is 57.1 Å². The molecule has 0 saturated heterocycles. The van der Waals surface area contributed by atoms with Crippen molar-refractivity contribution in [2.45, 2.75) is 39.5 Å². The first kappa shape index (κ1) is 34.8. The minimum atomic E-state index is -0.889. The number of benzene rings is 3. The largest absolute Gasteiger partial charge is 0.513 e. The molecule has 0 radical (unpaired) electrons. The molecule has 0 atom stereocenters. The maximum absolute atomic E-state index is 12.6. The van der Waals surface area contributed by atoms with E-state index < -0.39 is 30.2 Å². The topological polar surface area (TPSA) is 150 Å². The van der Waals surface area contributed by atoms with Gasteiger partial charge in [-0.1, -0.05) is 13.5 Å². The molecule has 0 spiro atoms. The van der Waals surface area contributed by atoms with E-state index in [0.29, 0.717) is 31.2 Å². The van der Waals surface area contributed by atoms with Gasteiger partial charge in [0.05, 0.1) is 30.9 Å². The van der Waals surface area contributed by atoms with Gasteiger partial charge in [0, 0.05) is 6.08 Å². The molecule has 3 aromatic rings. The summed E-state index contributed by atoms with van der Waals surface area (Å²) in [5.41, 5.74) is 0.971. The van der Waals surface area contributed by atoms with Gasteiger partial charge in [0.1, 0.15) is 23.0 Å². The molecule has 0 saturated carbocycles. The van der Waals surface area contributed by atoms with E-state index in [2.05, 4.69) is 6.58 Å². The molecule has 0 N–H and O–H groups in total. The lowest BCUT2D eigenvalue weighted by Crippen LogP contribution is -2.12. The number of hydrogen-bond acceptors (Lipinski definition) is 12. The molecule has 0 aromatic heterocycles. The third-order valence-corrected chi connectivity index (χ3v) is 5.99. The molecule has 46 heavy (non-hydrogen) atoms. The molecular weight excluding hydrogens is 600 g/mol. The fourth-order valence-corrected chi connectivity index (χ4v) is 3.65. The van der Waals surface area contributed by atoms with Crippen LogP contribution in [0.15, 0.2) is 79.4 Å². The van der Waals surface area contributed by atoms with Gasteiger partial charge in [0.25, 0.3) is 0 Å². The smallest absolute Gasteiger partial charge is 0.463 e. The lowest BCUT2D eigenvalue weighted by molar-refractivity contribution is -0.137. The summed E-state index contributed by atoms with van der Waals surface area (Å²) >= 11 is 0. The van der Waals surface area contributed by atoms with Crippen LogP contribution in [0.25, 0.3) is 0 Å². The summed E-state index contributed by atoms with van der Waals surface area (Å²) in [7, 11) is 0. The average molecular weight is 635 g/mol. The van der Waals surface area contributed by atoms with Crippen LogP contribution in [0.4, 0.5) is 9.59 Å². The third-order valence-electron chi connectivity index (χ3n) is 5.99. The molecule has 0 aliphatic rings. The molecule has 3 aromatic carbocycles. The van der Waals surface area contributed by atoms with Gasteiger partial charge < -0.3 is 33.2 Å². The summed E-state index contributed by atoms with van der Waals surface area (Å²) in [6.07, 6.45) is 1.92. The summed E-state index contributed by atoms with van der Waals surface area (Å²) in [5, 5.41) is 0. The summed E-state index contributed by atoms with van der Waals surface area (Å²) in [5.74, 6) is -0.893. The van der Waals surface area contributed by atoms with E-state index in [1.807, 2.05) is 6.92 Å². The number of rotatable bonds is 15. The predicted octanol–water partition coefficient (Wildman–Crippen LogP) is 6.77. The van der Waals surface area contributed by atoms with E-state index in [0.717, 1.165) is 6.08 Å². The van der Waals surface area contributed by atoms with Crippen LogP contribution in [0.2, 0.25) is 0 Å². The fraction of sp³-hybridized carbons (Fsp3) is 0.265. The summed E-state index contributed by atoms with van der Waals surface area (Å²) in [6, 6.07) is 16.0. The average Bonchev–Trinajstić information content (AvgIpc) is 3.05. The molecule has 12 heteroatoms. The van der Waals surface area contributed by atoms with Gasteiger partial charge in [0.2, 0.25) is 0 Å². The molecule has 0 heterocycles. The first-order valence-corrected chi connectivity index (χ1v) is 14.4. The highest BCUT2D eigenvalue weighted by atomic mass is 16.7. The van der Waals surface area contributed by atoms with Crippen LogP contribution in [0.5, 0.6) is 23.0 Å². The normalized spacial score (nSPS) is 10.2. The Morgan fingerprint density at radius 1 is 0.609 bits per heavy atom. The summed E-state index contributed by atoms with van der Waals surface area (Å²) in [6.45, 7) is 7.50. The van der Waals surface area contributed by atoms with Crippen molar-refractivity contribution in [3.8, 4) is 23.0 Å². The Hall–Kier alpha value is -5.65. The molecule has 0 unspecified atom stereocenters. The van der Waals surface area contributed by atoms with Crippen LogP contribution >= 0.6 is 0 Å². The van der Waals surface area contributed by atoms with Crippen LogP contribution in [0.3, 0.4) is 0 Å². The van der Waals surface area contributed by atoms with Crippen LogP contribution in [0, 0.1) is 6.92 Å². The van der Waals surface area contributed by atoms with Gasteiger partial charge in [-0.05, 0) is 105 Å². The first-order chi connectivity index (χ1) is 22.2. The lowest BCUT2D eigenvalue weighted by atomic mass is 10.2. The van der Waals surface area contributed by atoms with Gasteiger partial charge in [-0.15, -0.1) is 0 Å². The number of esters is 3. The molecule has 0 amide bonds. The molecule has 0 fully saturated rings. The van der Waals surface area contributed by atoms with Gasteiger partial charge in [-0.25, -0.2) is 24.0 Å². The fourth-order valence-electron chi connectivity index (χ4n) is 3.65. The number of ether oxygens (including phenoxy) is 7. The number of hydrogen-bond donors (Lipinski definition) is 0. The maximum atomic E-state index is 12.6. The van der Waals surface area contributed by atoms with Crippen LogP contribution in [-0.4, -0.2) is 50.0 Å². The molecule has 0 aliphatic heterocycles. The Balaban J connectivity index is 1.43. The van der Waals surface area contributed by atoms with E-state index in [1.54, 1.807) is 13.0 Å². The van der Waals surface area contributed by atoms with E-state index in [4.69, 9.17) is 33.2 Å². The number of carbonyl (C=O) groups excluding carboxylic acids is 5. The highest BCUT2D eigenvalue weighted by Crippen LogP contribution is 2.26. The van der Waals surface area contributed by atoms with Crippen LogP contribution in [-0.2, 0) is 19.0 Å². The second kappa shape index (κ2) is 18.2. The van der Waals surface area contributed by atoms with Gasteiger partial charge in [-0.3, -0.25) is 0 Å². The van der Waals surface area contributed by atoms with E-state index in [1.165, 1.54) is 60.7 Å². The Bertz CT molecular complexity index is 1510. The minimum Gasteiger partial charge on any atom is -0.463 e. The van der Waals surface area contributed by atoms with Crippen molar-refractivity contribution >= 4 is 30.2 Å². The van der Waals surface area contributed by atoms with Gasteiger partial charge >= 0.3 is 30.2 Å². The summed E-state index contributed by atoms with van der Waals surface area (Å²) < 4.78 is 35.8. The number of carbonyl (C=O) groups is 5. The quantitative estimate of drug-likeness (QED) is 0.0433. The zero-order valence-electron chi connectivity index (χ0n) is 25.5. The summed E-state index contributed by atoms with van der Waals surface area (Å²) in [4.78, 5) is 59.7. The van der Waals surface area contributed by atoms with Crippen molar-refractivity contribution in [3.05, 3.63) is 96.1 Å². The highest BCUT2D eigenvalue weighted by molar-refractivity contribution is 5.92. The molecule has 0 bridgehead atoms. The second-order valence-corrected chi connectivity index (χ2v) is 9.59. The Kier molecular flexibility index (Phi) is 13.8. The van der Waals surface area contributed by atoms with Crippen LogP contribution in [0.1, 0.15) is 58.9 Å². The maximum Gasteiger partial charge on any atom is 0.513 e. The van der Waals surface area contributed by atoms with E-state index >= 15 is 0 Å². The number of unbranched alkanes of at least 4 members (excludes halogenated alkanes) is 2. The second-order valence-electron chi connectivity index (χ2n) is 9.59. The first-order valence-electron chi connectivity index (χ1n) is 14.4. The lowest BCUT2D eigenvalue weighted by Gasteiger charge is -2.11. The Labute approximate surface area is 265 Å². The van der Waals surface area contributed by atoms with E-state index in [9.17, 15) is 24.0 Å². The Morgan fingerprint density at radius 2 is 1.11 bits per heavy atom. The van der Waals surface area contributed by atoms with Crippen molar-refractivity contribution in [1.82, 2.24) is 0 Å². The standard InChI is InChI=1S/C34H34O12/c1-4-19-41-33(38)44-26-15-11-25(12-16-26)32(37)46-29-18-17-28(22-23(29)3)43-31(36)24-9-13-27(14-10-24)45-34(39)42-21-8-6-7-20-40-30(35)5-2/h5,9-18,22H,2,4,6-8,19-21H2,1,3H3.